The number of nitriles is 1. The van der Waals surface area contributed by atoms with E-state index in [1.54, 1.807) is 24.3 Å². The van der Waals surface area contributed by atoms with Gasteiger partial charge in [-0.2, -0.15) is 5.26 Å². The number of aromatic nitrogens is 2. The van der Waals surface area contributed by atoms with Crippen molar-refractivity contribution in [3.8, 4) is 28.6 Å². The molecule has 0 aliphatic rings. The molecule has 1 heterocycles. The molecule has 164 valence electrons. The van der Waals surface area contributed by atoms with Crippen molar-refractivity contribution in [1.29, 1.82) is 5.26 Å². The second kappa shape index (κ2) is 8.86. The number of fused-ring (bicyclic) bond motifs is 1. The summed E-state index contributed by atoms with van der Waals surface area (Å²) in [6, 6.07) is 28.3. The summed E-state index contributed by atoms with van der Waals surface area (Å²) in [6.45, 7) is 1.91. The van der Waals surface area contributed by atoms with E-state index >= 15 is 0 Å². The number of nitrogens with zero attached hydrogens (tertiary/aromatic N) is 2. The molecule has 1 amide bonds. The second-order valence-electron chi connectivity index (χ2n) is 7.97. The summed E-state index contributed by atoms with van der Waals surface area (Å²) in [5, 5.41) is 12.5. The number of para-hydroxylation sites is 2. The molecule has 0 spiro atoms. The van der Waals surface area contributed by atoms with Gasteiger partial charge in [-0.3, -0.25) is 4.79 Å². The van der Waals surface area contributed by atoms with Crippen molar-refractivity contribution in [3.63, 3.8) is 0 Å². The van der Waals surface area contributed by atoms with E-state index in [9.17, 15) is 4.79 Å². The molecular weight excluding hydrogens is 444 g/mol. The van der Waals surface area contributed by atoms with Gasteiger partial charge in [-0.1, -0.05) is 48.0 Å². The van der Waals surface area contributed by atoms with Crippen LogP contribution in [0.5, 0.6) is 0 Å². The molecular formula is C28H19ClN4O. The minimum atomic E-state index is -0.207. The number of carbonyl (C=O) groups is 1. The van der Waals surface area contributed by atoms with Crippen molar-refractivity contribution in [3.05, 3.63) is 107 Å². The Balaban J connectivity index is 1.40. The van der Waals surface area contributed by atoms with Gasteiger partial charge in [-0.25, -0.2) is 4.98 Å². The van der Waals surface area contributed by atoms with Crippen LogP contribution in [0.4, 0.5) is 5.69 Å². The van der Waals surface area contributed by atoms with Crippen LogP contribution in [0.1, 0.15) is 21.5 Å². The zero-order valence-corrected chi connectivity index (χ0v) is 19.0. The van der Waals surface area contributed by atoms with E-state index in [1.807, 2.05) is 67.6 Å². The number of nitrogens with one attached hydrogen (secondary N) is 2. The molecule has 2 N–H and O–H groups in total. The average molecular weight is 463 g/mol. The summed E-state index contributed by atoms with van der Waals surface area (Å²) < 4.78 is 0. The molecule has 0 fully saturated rings. The first-order valence-corrected chi connectivity index (χ1v) is 11.1. The SMILES string of the molecule is Cc1cc(-c2ccc(C#N)cc2)ccc1C(=O)Nc1ccc(Cl)c(-c2nc3ccccc3[nH]2)c1. The zero-order valence-electron chi connectivity index (χ0n) is 18.3. The molecule has 6 heteroatoms. The molecule has 5 rings (SSSR count). The molecule has 0 bridgehead atoms. The highest BCUT2D eigenvalue weighted by Crippen LogP contribution is 2.31. The van der Waals surface area contributed by atoms with Crippen LogP contribution in [0.15, 0.2) is 84.9 Å². The number of anilines is 1. The Kier molecular flexibility index (Phi) is 5.59. The van der Waals surface area contributed by atoms with Gasteiger partial charge in [0, 0.05) is 16.8 Å². The normalized spacial score (nSPS) is 10.7. The third kappa shape index (κ3) is 4.15. The van der Waals surface area contributed by atoms with Crippen LogP contribution in [0.2, 0.25) is 5.02 Å². The largest absolute Gasteiger partial charge is 0.338 e. The highest BCUT2D eigenvalue weighted by molar-refractivity contribution is 6.33. The predicted molar refractivity (Wildman–Crippen MR) is 136 cm³/mol. The Morgan fingerprint density at radius 3 is 2.47 bits per heavy atom. The van der Waals surface area contributed by atoms with E-state index < -0.39 is 0 Å². The van der Waals surface area contributed by atoms with Gasteiger partial charge in [0.1, 0.15) is 5.82 Å². The number of hydrogen-bond donors (Lipinski definition) is 2. The Morgan fingerprint density at radius 1 is 0.971 bits per heavy atom. The van der Waals surface area contributed by atoms with Crippen LogP contribution in [0.25, 0.3) is 33.5 Å². The van der Waals surface area contributed by atoms with Gasteiger partial charge in [-0.15, -0.1) is 0 Å². The van der Waals surface area contributed by atoms with E-state index in [0.29, 0.717) is 33.2 Å². The lowest BCUT2D eigenvalue weighted by Gasteiger charge is -2.11. The summed E-state index contributed by atoms with van der Waals surface area (Å²) in [6.07, 6.45) is 0. The summed E-state index contributed by atoms with van der Waals surface area (Å²) in [7, 11) is 0. The number of aryl methyl sites for hydroxylation is 1. The number of rotatable bonds is 4. The van der Waals surface area contributed by atoms with Crippen molar-refractivity contribution in [2.75, 3.05) is 5.32 Å². The molecule has 0 atom stereocenters. The highest BCUT2D eigenvalue weighted by Gasteiger charge is 2.14. The quantitative estimate of drug-likeness (QED) is 0.302. The van der Waals surface area contributed by atoms with Crippen molar-refractivity contribution in [2.24, 2.45) is 0 Å². The fourth-order valence-electron chi connectivity index (χ4n) is 3.90. The topological polar surface area (TPSA) is 81.6 Å². The maximum atomic E-state index is 13.0. The maximum Gasteiger partial charge on any atom is 0.255 e. The summed E-state index contributed by atoms with van der Waals surface area (Å²) >= 11 is 6.44. The number of carbonyl (C=O) groups excluding carboxylic acids is 1. The van der Waals surface area contributed by atoms with Gasteiger partial charge in [0.05, 0.1) is 27.7 Å². The first-order valence-electron chi connectivity index (χ1n) is 10.7. The van der Waals surface area contributed by atoms with Crippen molar-refractivity contribution in [1.82, 2.24) is 9.97 Å². The van der Waals surface area contributed by atoms with Crippen molar-refractivity contribution in [2.45, 2.75) is 6.92 Å². The number of aromatic amines is 1. The minimum absolute atomic E-state index is 0.207. The first-order chi connectivity index (χ1) is 16.5. The van der Waals surface area contributed by atoms with Crippen molar-refractivity contribution >= 4 is 34.2 Å². The fraction of sp³-hybridized carbons (Fsp3) is 0.0357. The molecule has 0 radical (unpaired) electrons. The van der Waals surface area contributed by atoms with Gasteiger partial charge in [0.15, 0.2) is 0 Å². The Hall–Kier alpha value is -4.40. The highest BCUT2D eigenvalue weighted by atomic mass is 35.5. The lowest BCUT2D eigenvalue weighted by molar-refractivity contribution is 0.102. The predicted octanol–water partition coefficient (Wildman–Crippen LogP) is 6.98. The van der Waals surface area contributed by atoms with Gasteiger partial charge < -0.3 is 10.3 Å². The van der Waals surface area contributed by atoms with Gasteiger partial charge >= 0.3 is 0 Å². The Labute approximate surface area is 201 Å². The van der Waals surface area contributed by atoms with E-state index in [2.05, 4.69) is 21.4 Å². The molecule has 4 aromatic carbocycles. The molecule has 5 aromatic rings. The average Bonchev–Trinajstić information content (AvgIpc) is 3.29. The number of H-pyrrole nitrogens is 1. The number of hydrogen-bond acceptors (Lipinski definition) is 3. The van der Waals surface area contributed by atoms with Crippen LogP contribution in [-0.2, 0) is 0 Å². The Bertz CT molecular complexity index is 1550. The number of amides is 1. The number of benzene rings is 4. The standard InChI is InChI=1S/C28H19ClN4O/c1-17-14-20(19-8-6-18(16-30)7-9-19)10-12-22(17)28(34)31-21-11-13-24(29)23(15-21)27-32-25-4-2-3-5-26(25)33-27/h2-15H,1H3,(H,31,34)(H,32,33). The van der Waals surface area contributed by atoms with Crippen LogP contribution >= 0.6 is 11.6 Å². The van der Waals surface area contributed by atoms with E-state index in [1.165, 1.54) is 0 Å². The second-order valence-corrected chi connectivity index (χ2v) is 8.38. The van der Waals surface area contributed by atoms with Crippen LogP contribution in [-0.4, -0.2) is 15.9 Å². The van der Waals surface area contributed by atoms with Crippen LogP contribution in [0.3, 0.4) is 0 Å². The van der Waals surface area contributed by atoms with Gasteiger partial charge in [-0.05, 0) is 72.1 Å². The zero-order chi connectivity index (χ0) is 23.7. The summed E-state index contributed by atoms with van der Waals surface area (Å²) in [5.41, 5.74) is 7.12. The van der Waals surface area contributed by atoms with E-state index in [-0.39, 0.29) is 5.91 Å². The number of halogens is 1. The monoisotopic (exact) mass is 462 g/mol. The fourth-order valence-corrected chi connectivity index (χ4v) is 4.11. The van der Waals surface area contributed by atoms with Gasteiger partial charge in [0.25, 0.3) is 5.91 Å². The third-order valence-electron chi connectivity index (χ3n) is 5.69. The van der Waals surface area contributed by atoms with Gasteiger partial charge in [0.2, 0.25) is 0 Å². The summed E-state index contributed by atoms with van der Waals surface area (Å²) in [4.78, 5) is 20.9. The van der Waals surface area contributed by atoms with Crippen LogP contribution in [0, 0.1) is 18.3 Å². The number of imidazole rings is 1. The lowest BCUT2D eigenvalue weighted by atomic mass is 9.98. The maximum absolute atomic E-state index is 13.0. The minimum Gasteiger partial charge on any atom is -0.338 e. The van der Waals surface area contributed by atoms with Crippen molar-refractivity contribution < 1.29 is 4.79 Å². The molecule has 0 saturated heterocycles. The molecule has 0 aliphatic carbocycles. The molecule has 5 nitrogen and oxygen atoms in total. The molecule has 1 aromatic heterocycles. The lowest BCUT2D eigenvalue weighted by Crippen LogP contribution is -2.13. The van der Waals surface area contributed by atoms with E-state index in [4.69, 9.17) is 16.9 Å². The molecule has 0 aliphatic heterocycles. The third-order valence-corrected chi connectivity index (χ3v) is 6.02. The molecule has 34 heavy (non-hydrogen) atoms. The summed E-state index contributed by atoms with van der Waals surface area (Å²) in [5.74, 6) is 0.437. The van der Waals surface area contributed by atoms with Crippen LogP contribution < -0.4 is 5.32 Å². The molecule has 0 saturated carbocycles. The Morgan fingerprint density at radius 2 is 1.74 bits per heavy atom. The first kappa shape index (κ1) is 21.4. The smallest absolute Gasteiger partial charge is 0.255 e. The van der Waals surface area contributed by atoms with E-state index in [0.717, 1.165) is 27.7 Å². The molecule has 0 unspecified atom stereocenters.